The summed E-state index contributed by atoms with van der Waals surface area (Å²) in [6.07, 6.45) is 0. The lowest BCUT2D eigenvalue weighted by Crippen LogP contribution is -2.52. The molecule has 0 aromatic heterocycles. The lowest BCUT2D eigenvalue weighted by molar-refractivity contribution is -0.132. The van der Waals surface area contributed by atoms with E-state index in [1.807, 2.05) is 23.1 Å². The highest BCUT2D eigenvalue weighted by Crippen LogP contribution is 2.16. The number of benzene rings is 1. The Morgan fingerprint density at radius 2 is 1.81 bits per heavy atom. The van der Waals surface area contributed by atoms with Crippen molar-refractivity contribution in [2.75, 3.05) is 24.5 Å². The van der Waals surface area contributed by atoms with E-state index in [-0.39, 0.29) is 5.91 Å². The van der Waals surface area contributed by atoms with Crippen molar-refractivity contribution in [3.63, 3.8) is 0 Å². The molecule has 1 saturated heterocycles. The number of carbonyl (C=O) groups excluding carboxylic acids is 1. The Morgan fingerprint density at radius 1 is 1.12 bits per heavy atom. The number of rotatable bonds is 2. The second-order valence-electron chi connectivity index (χ2n) is 4.44. The molecule has 3 heteroatoms. The van der Waals surface area contributed by atoms with Gasteiger partial charge in [0.25, 0.3) is 0 Å². The van der Waals surface area contributed by atoms with Gasteiger partial charge < -0.3 is 9.80 Å². The van der Waals surface area contributed by atoms with E-state index >= 15 is 0 Å². The molecule has 0 saturated carbocycles. The first-order valence-electron chi connectivity index (χ1n) is 5.78. The van der Waals surface area contributed by atoms with Gasteiger partial charge in [0.2, 0.25) is 5.91 Å². The van der Waals surface area contributed by atoms with Crippen molar-refractivity contribution in [3.05, 3.63) is 30.3 Å². The summed E-state index contributed by atoms with van der Waals surface area (Å²) in [7, 11) is 0. The normalized spacial score (nSPS) is 17.1. The lowest BCUT2D eigenvalue weighted by atomic mass is 10.2. The summed E-state index contributed by atoms with van der Waals surface area (Å²) >= 11 is 0. The zero-order chi connectivity index (χ0) is 11.5. The highest BCUT2D eigenvalue weighted by Gasteiger charge is 2.25. The Balaban J connectivity index is 2.06. The predicted molar refractivity (Wildman–Crippen MR) is 65.5 cm³/mol. The molecule has 2 rings (SSSR count). The second kappa shape index (κ2) is 4.56. The number of hydrogen-bond donors (Lipinski definition) is 0. The number of amides is 1. The fourth-order valence-electron chi connectivity index (χ4n) is 2.09. The third kappa shape index (κ3) is 2.18. The van der Waals surface area contributed by atoms with Crippen molar-refractivity contribution >= 4 is 11.6 Å². The Hall–Kier alpha value is -1.51. The molecule has 1 aliphatic rings. The fraction of sp³-hybridized carbons (Fsp3) is 0.462. The standard InChI is InChI=1S/C13H18N2O/c1-11(2)15-9-8-14(10-13(15)16)12-6-4-3-5-7-12/h3-7,11H,8-10H2,1-2H3. The minimum atomic E-state index is 0.227. The first-order chi connectivity index (χ1) is 7.68. The van der Waals surface area contributed by atoms with Crippen LogP contribution in [0, 0.1) is 0 Å². The van der Waals surface area contributed by atoms with Crippen LogP contribution < -0.4 is 4.90 Å². The van der Waals surface area contributed by atoms with E-state index in [1.165, 1.54) is 0 Å². The molecule has 0 aliphatic carbocycles. The van der Waals surface area contributed by atoms with Gasteiger partial charge in [-0.05, 0) is 26.0 Å². The van der Waals surface area contributed by atoms with E-state index in [2.05, 4.69) is 30.9 Å². The summed E-state index contributed by atoms with van der Waals surface area (Å²) in [5.41, 5.74) is 1.14. The minimum absolute atomic E-state index is 0.227. The van der Waals surface area contributed by atoms with Crippen LogP contribution in [0.25, 0.3) is 0 Å². The number of para-hydroxylation sites is 1. The van der Waals surface area contributed by atoms with Crippen molar-refractivity contribution in [1.82, 2.24) is 4.90 Å². The maximum absolute atomic E-state index is 11.9. The molecule has 0 radical (unpaired) electrons. The van der Waals surface area contributed by atoms with E-state index in [0.717, 1.165) is 18.8 Å². The van der Waals surface area contributed by atoms with Crippen LogP contribution in [0.2, 0.25) is 0 Å². The van der Waals surface area contributed by atoms with Crippen LogP contribution in [0.5, 0.6) is 0 Å². The Morgan fingerprint density at radius 3 is 2.38 bits per heavy atom. The first-order valence-corrected chi connectivity index (χ1v) is 5.78. The Bertz CT molecular complexity index is 361. The number of anilines is 1. The van der Waals surface area contributed by atoms with Crippen LogP contribution in [-0.2, 0) is 4.79 Å². The smallest absolute Gasteiger partial charge is 0.242 e. The Kier molecular flexibility index (Phi) is 3.13. The number of piperazine rings is 1. The van der Waals surface area contributed by atoms with E-state index in [9.17, 15) is 4.79 Å². The predicted octanol–water partition coefficient (Wildman–Crippen LogP) is 1.74. The fourth-order valence-corrected chi connectivity index (χ4v) is 2.09. The van der Waals surface area contributed by atoms with E-state index in [0.29, 0.717) is 12.6 Å². The summed E-state index contributed by atoms with van der Waals surface area (Å²) in [5.74, 6) is 0.227. The lowest BCUT2D eigenvalue weighted by Gasteiger charge is -2.37. The van der Waals surface area contributed by atoms with Gasteiger partial charge in [-0.25, -0.2) is 0 Å². The van der Waals surface area contributed by atoms with Gasteiger partial charge >= 0.3 is 0 Å². The van der Waals surface area contributed by atoms with Gasteiger partial charge in [-0.2, -0.15) is 0 Å². The highest BCUT2D eigenvalue weighted by molar-refractivity contribution is 5.83. The van der Waals surface area contributed by atoms with Crippen molar-refractivity contribution in [2.45, 2.75) is 19.9 Å². The summed E-state index contributed by atoms with van der Waals surface area (Å²) in [5, 5.41) is 0. The molecule has 86 valence electrons. The molecule has 1 aromatic rings. The van der Waals surface area contributed by atoms with E-state index in [1.54, 1.807) is 0 Å². The maximum Gasteiger partial charge on any atom is 0.242 e. The van der Waals surface area contributed by atoms with Crippen molar-refractivity contribution < 1.29 is 4.79 Å². The molecule has 0 bridgehead atoms. The molecular formula is C13H18N2O. The zero-order valence-corrected chi connectivity index (χ0v) is 9.89. The average molecular weight is 218 g/mol. The Labute approximate surface area is 96.7 Å². The summed E-state index contributed by atoms with van der Waals surface area (Å²) < 4.78 is 0. The van der Waals surface area contributed by atoms with Crippen molar-refractivity contribution in [3.8, 4) is 0 Å². The van der Waals surface area contributed by atoms with Crippen molar-refractivity contribution in [2.24, 2.45) is 0 Å². The summed E-state index contributed by atoms with van der Waals surface area (Å²) in [4.78, 5) is 16.0. The van der Waals surface area contributed by atoms with Gasteiger partial charge in [-0.3, -0.25) is 4.79 Å². The highest BCUT2D eigenvalue weighted by atomic mass is 16.2. The first kappa shape index (κ1) is 11.0. The topological polar surface area (TPSA) is 23.6 Å². The van der Waals surface area contributed by atoms with Gasteiger partial charge in [0.15, 0.2) is 0 Å². The number of nitrogens with zero attached hydrogens (tertiary/aromatic N) is 2. The van der Waals surface area contributed by atoms with E-state index < -0.39 is 0 Å². The van der Waals surface area contributed by atoms with Gasteiger partial charge in [-0.15, -0.1) is 0 Å². The van der Waals surface area contributed by atoms with Gasteiger partial charge in [0.05, 0.1) is 6.54 Å². The summed E-state index contributed by atoms with van der Waals surface area (Å²) in [6, 6.07) is 10.4. The number of carbonyl (C=O) groups is 1. The third-order valence-corrected chi connectivity index (χ3v) is 3.00. The molecule has 0 N–H and O–H groups in total. The van der Waals surface area contributed by atoms with Crippen LogP contribution in [0.3, 0.4) is 0 Å². The number of hydrogen-bond acceptors (Lipinski definition) is 2. The summed E-state index contributed by atoms with van der Waals surface area (Å²) in [6.45, 7) is 6.38. The van der Waals surface area contributed by atoms with Gasteiger partial charge in [0, 0.05) is 24.8 Å². The molecule has 1 fully saturated rings. The molecule has 0 unspecified atom stereocenters. The van der Waals surface area contributed by atoms with Crippen LogP contribution in [0.1, 0.15) is 13.8 Å². The van der Waals surface area contributed by atoms with Crippen LogP contribution in [0.15, 0.2) is 30.3 Å². The zero-order valence-electron chi connectivity index (χ0n) is 9.89. The molecule has 0 spiro atoms. The van der Waals surface area contributed by atoms with Crippen LogP contribution >= 0.6 is 0 Å². The SMILES string of the molecule is CC(C)N1CCN(c2ccccc2)CC1=O. The van der Waals surface area contributed by atoms with Crippen LogP contribution in [0.4, 0.5) is 5.69 Å². The third-order valence-electron chi connectivity index (χ3n) is 3.00. The maximum atomic E-state index is 11.9. The molecule has 1 aliphatic heterocycles. The van der Waals surface area contributed by atoms with Crippen LogP contribution in [-0.4, -0.2) is 36.5 Å². The van der Waals surface area contributed by atoms with Gasteiger partial charge in [-0.1, -0.05) is 18.2 Å². The van der Waals surface area contributed by atoms with E-state index in [4.69, 9.17) is 0 Å². The molecule has 1 amide bonds. The molecule has 0 atom stereocenters. The monoisotopic (exact) mass is 218 g/mol. The van der Waals surface area contributed by atoms with Gasteiger partial charge in [0.1, 0.15) is 0 Å². The molecule has 1 aromatic carbocycles. The molecular weight excluding hydrogens is 200 g/mol. The molecule has 3 nitrogen and oxygen atoms in total. The molecule has 16 heavy (non-hydrogen) atoms. The van der Waals surface area contributed by atoms with Crippen molar-refractivity contribution in [1.29, 1.82) is 0 Å². The average Bonchev–Trinajstić information content (AvgIpc) is 2.29. The largest absolute Gasteiger partial charge is 0.360 e. The molecule has 1 heterocycles. The quantitative estimate of drug-likeness (QED) is 0.755. The minimum Gasteiger partial charge on any atom is -0.360 e. The second-order valence-corrected chi connectivity index (χ2v) is 4.44.